The van der Waals surface area contributed by atoms with Gasteiger partial charge in [0.05, 0.1) is 6.04 Å². The van der Waals surface area contributed by atoms with Gasteiger partial charge >= 0.3 is 0 Å². The molecule has 3 N–H and O–H groups in total. The van der Waals surface area contributed by atoms with Crippen molar-refractivity contribution in [2.45, 2.75) is 19.4 Å². The molecule has 0 aromatic carbocycles. The van der Waals surface area contributed by atoms with Crippen molar-refractivity contribution < 1.29 is 0 Å². The van der Waals surface area contributed by atoms with Gasteiger partial charge in [0, 0.05) is 18.8 Å². The van der Waals surface area contributed by atoms with Crippen molar-refractivity contribution in [2.75, 3.05) is 0 Å². The number of pyridine rings is 1. The summed E-state index contributed by atoms with van der Waals surface area (Å²) < 4.78 is 0. The second kappa shape index (κ2) is 5.31. The summed E-state index contributed by atoms with van der Waals surface area (Å²) in [4.78, 5) is 3.94. The Bertz CT molecular complexity index is 297. The molecule has 0 spiro atoms. The van der Waals surface area contributed by atoms with Gasteiger partial charge in [-0.1, -0.05) is 0 Å². The van der Waals surface area contributed by atoms with Crippen LogP contribution < -0.4 is 11.3 Å². The molecule has 0 aliphatic heterocycles. The molecule has 3 nitrogen and oxygen atoms in total. The Morgan fingerprint density at radius 1 is 1.54 bits per heavy atom. The van der Waals surface area contributed by atoms with E-state index in [1.807, 2.05) is 19.1 Å². The summed E-state index contributed by atoms with van der Waals surface area (Å²) in [5, 5.41) is 0. The van der Waals surface area contributed by atoms with Gasteiger partial charge in [-0.2, -0.15) is 0 Å². The van der Waals surface area contributed by atoms with Crippen LogP contribution in [0.4, 0.5) is 0 Å². The van der Waals surface area contributed by atoms with E-state index in [0.717, 1.165) is 12.0 Å². The SMILES string of the molecule is CC#CCC(NN)c1ccncc1. The number of aromatic nitrogens is 1. The van der Waals surface area contributed by atoms with E-state index in [0.29, 0.717) is 0 Å². The minimum atomic E-state index is 0.0930. The third-order valence-electron chi connectivity index (χ3n) is 1.79. The molecule has 0 aliphatic carbocycles. The van der Waals surface area contributed by atoms with E-state index < -0.39 is 0 Å². The lowest BCUT2D eigenvalue weighted by atomic mass is 10.1. The van der Waals surface area contributed by atoms with Crippen LogP contribution in [0.5, 0.6) is 0 Å². The minimum absolute atomic E-state index is 0.0930. The summed E-state index contributed by atoms with van der Waals surface area (Å²) in [6.07, 6.45) is 4.22. The van der Waals surface area contributed by atoms with Crippen molar-refractivity contribution >= 4 is 0 Å². The van der Waals surface area contributed by atoms with Crippen LogP contribution in [0.2, 0.25) is 0 Å². The zero-order chi connectivity index (χ0) is 9.52. The average molecular weight is 175 g/mol. The monoisotopic (exact) mass is 175 g/mol. The van der Waals surface area contributed by atoms with Gasteiger partial charge in [0.25, 0.3) is 0 Å². The molecule has 13 heavy (non-hydrogen) atoms. The molecular formula is C10H13N3. The van der Waals surface area contributed by atoms with E-state index >= 15 is 0 Å². The number of hydrogen-bond acceptors (Lipinski definition) is 3. The van der Waals surface area contributed by atoms with Gasteiger partial charge in [-0.05, 0) is 24.6 Å². The van der Waals surface area contributed by atoms with Crippen LogP contribution in [0.25, 0.3) is 0 Å². The quantitative estimate of drug-likeness (QED) is 0.409. The van der Waals surface area contributed by atoms with Crippen molar-refractivity contribution in [3.63, 3.8) is 0 Å². The molecule has 0 fully saturated rings. The molecule has 68 valence electrons. The van der Waals surface area contributed by atoms with Gasteiger partial charge in [0.15, 0.2) is 0 Å². The van der Waals surface area contributed by atoms with Crippen LogP contribution in [-0.4, -0.2) is 4.98 Å². The number of rotatable bonds is 3. The van der Waals surface area contributed by atoms with E-state index in [9.17, 15) is 0 Å². The fraction of sp³-hybridized carbons (Fsp3) is 0.300. The Balaban J connectivity index is 2.70. The van der Waals surface area contributed by atoms with E-state index in [1.165, 1.54) is 0 Å². The second-order valence-corrected chi connectivity index (χ2v) is 2.63. The van der Waals surface area contributed by atoms with Gasteiger partial charge in [-0.15, -0.1) is 11.8 Å². The average Bonchev–Trinajstić information content (AvgIpc) is 2.21. The zero-order valence-corrected chi connectivity index (χ0v) is 7.62. The van der Waals surface area contributed by atoms with Crippen molar-refractivity contribution in [1.29, 1.82) is 0 Å². The van der Waals surface area contributed by atoms with Crippen molar-refractivity contribution in [3.8, 4) is 11.8 Å². The standard InChI is InChI=1S/C10H13N3/c1-2-3-4-10(13-11)9-5-7-12-8-6-9/h5-8,10,13H,4,11H2,1H3. The van der Waals surface area contributed by atoms with Gasteiger partial charge in [-0.3, -0.25) is 16.3 Å². The Morgan fingerprint density at radius 3 is 2.77 bits per heavy atom. The first-order valence-electron chi connectivity index (χ1n) is 4.14. The zero-order valence-electron chi connectivity index (χ0n) is 7.62. The summed E-state index contributed by atoms with van der Waals surface area (Å²) in [6, 6.07) is 3.96. The predicted octanol–water partition coefficient (Wildman–Crippen LogP) is 0.999. The van der Waals surface area contributed by atoms with Crippen LogP contribution in [0.3, 0.4) is 0 Å². The Labute approximate surface area is 78.3 Å². The molecule has 1 unspecified atom stereocenters. The minimum Gasteiger partial charge on any atom is -0.271 e. The molecule has 0 saturated carbocycles. The van der Waals surface area contributed by atoms with Crippen molar-refractivity contribution in [2.24, 2.45) is 5.84 Å². The van der Waals surface area contributed by atoms with Crippen LogP contribution in [0, 0.1) is 11.8 Å². The first kappa shape index (κ1) is 9.72. The summed E-state index contributed by atoms with van der Waals surface area (Å²) in [5.41, 5.74) is 3.83. The molecule has 1 aromatic rings. The Hall–Kier alpha value is -1.37. The molecule has 0 radical (unpaired) electrons. The van der Waals surface area contributed by atoms with Crippen LogP contribution in [0.15, 0.2) is 24.5 Å². The summed E-state index contributed by atoms with van der Waals surface area (Å²) >= 11 is 0. The number of hydrogen-bond donors (Lipinski definition) is 2. The summed E-state index contributed by atoms with van der Waals surface area (Å²) in [5.74, 6) is 11.2. The van der Waals surface area contributed by atoms with E-state index in [-0.39, 0.29) is 6.04 Å². The lowest BCUT2D eigenvalue weighted by Gasteiger charge is -2.12. The molecule has 0 bridgehead atoms. The third kappa shape index (κ3) is 2.86. The number of nitrogens with zero attached hydrogens (tertiary/aromatic N) is 1. The highest BCUT2D eigenvalue weighted by Crippen LogP contribution is 2.13. The molecule has 1 rings (SSSR count). The molecule has 0 aliphatic rings. The normalized spacial score (nSPS) is 11.5. The first-order chi connectivity index (χ1) is 6.38. The van der Waals surface area contributed by atoms with Crippen molar-refractivity contribution in [1.82, 2.24) is 10.4 Å². The van der Waals surface area contributed by atoms with Crippen LogP contribution >= 0.6 is 0 Å². The van der Waals surface area contributed by atoms with Crippen LogP contribution in [-0.2, 0) is 0 Å². The van der Waals surface area contributed by atoms with Gasteiger partial charge in [0.1, 0.15) is 0 Å². The fourth-order valence-corrected chi connectivity index (χ4v) is 1.07. The molecule has 0 saturated heterocycles. The first-order valence-corrected chi connectivity index (χ1v) is 4.14. The maximum absolute atomic E-state index is 5.41. The number of nitrogens with two attached hydrogens (primary N) is 1. The predicted molar refractivity (Wildman–Crippen MR) is 52.4 cm³/mol. The van der Waals surface area contributed by atoms with E-state index in [2.05, 4.69) is 22.3 Å². The second-order valence-electron chi connectivity index (χ2n) is 2.63. The molecular weight excluding hydrogens is 162 g/mol. The van der Waals surface area contributed by atoms with E-state index in [1.54, 1.807) is 12.4 Å². The smallest absolute Gasteiger partial charge is 0.0570 e. The molecule has 1 atom stereocenters. The lowest BCUT2D eigenvalue weighted by Crippen LogP contribution is -2.27. The maximum atomic E-state index is 5.41. The highest BCUT2D eigenvalue weighted by atomic mass is 15.2. The Morgan fingerprint density at radius 2 is 2.23 bits per heavy atom. The van der Waals surface area contributed by atoms with Gasteiger partial charge in [-0.25, -0.2) is 0 Å². The topological polar surface area (TPSA) is 50.9 Å². The Kier molecular flexibility index (Phi) is 3.97. The largest absolute Gasteiger partial charge is 0.271 e. The molecule has 0 amide bonds. The van der Waals surface area contributed by atoms with E-state index in [4.69, 9.17) is 5.84 Å². The van der Waals surface area contributed by atoms with Gasteiger partial charge < -0.3 is 0 Å². The lowest BCUT2D eigenvalue weighted by molar-refractivity contribution is 0.567. The molecule has 1 heterocycles. The fourth-order valence-electron chi connectivity index (χ4n) is 1.07. The van der Waals surface area contributed by atoms with Crippen molar-refractivity contribution in [3.05, 3.63) is 30.1 Å². The highest BCUT2D eigenvalue weighted by Gasteiger charge is 2.06. The number of hydrazine groups is 1. The molecule has 3 heteroatoms. The molecule has 1 aromatic heterocycles. The van der Waals surface area contributed by atoms with Crippen LogP contribution in [0.1, 0.15) is 24.9 Å². The highest BCUT2D eigenvalue weighted by molar-refractivity contribution is 5.17. The number of nitrogens with one attached hydrogen (secondary N) is 1. The summed E-state index contributed by atoms with van der Waals surface area (Å²) in [7, 11) is 0. The van der Waals surface area contributed by atoms with Gasteiger partial charge in [0.2, 0.25) is 0 Å². The summed E-state index contributed by atoms with van der Waals surface area (Å²) in [6.45, 7) is 1.82. The third-order valence-corrected chi connectivity index (χ3v) is 1.79. The maximum Gasteiger partial charge on any atom is 0.0570 e.